The third kappa shape index (κ3) is 2.67. The minimum atomic E-state index is -0.683. The summed E-state index contributed by atoms with van der Waals surface area (Å²) < 4.78 is 0. The average Bonchev–Trinajstić information content (AvgIpc) is 2.76. The van der Waals surface area contributed by atoms with Crippen LogP contribution in [0.2, 0.25) is 0 Å². The van der Waals surface area contributed by atoms with Gasteiger partial charge in [-0.2, -0.15) is 0 Å². The fourth-order valence-electron chi connectivity index (χ4n) is 2.19. The lowest BCUT2D eigenvalue weighted by molar-refractivity contribution is 0.0778. The molecule has 0 saturated carbocycles. The number of nitrogens with zero attached hydrogens (tertiary/aromatic N) is 1. The van der Waals surface area contributed by atoms with Gasteiger partial charge in [-0.15, -0.1) is 0 Å². The number of aliphatic hydroxyl groups excluding tert-OH is 1. The van der Waals surface area contributed by atoms with Crippen molar-refractivity contribution in [1.29, 1.82) is 0 Å². The van der Waals surface area contributed by atoms with Crippen LogP contribution in [0.25, 0.3) is 0 Å². The highest BCUT2D eigenvalue weighted by molar-refractivity contribution is 5.92. The molecular formula is C11H15N3O4. The molecule has 0 aliphatic carbocycles. The summed E-state index contributed by atoms with van der Waals surface area (Å²) in [6, 6.07) is 1.09. The Kier molecular flexibility index (Phi) is 3.61. The molecule has 0 spiro atoms. The number of hydrogen-bond acceptors (Lipinski definition) is 4. The number of carbonyl (C=O) groups excluding carboxylic acids is 1. The van der Waals surface area contributed by atoms with Gasteiger partial charge >= 0.3 is 5.69 Å². The first-order valence-corrected chi connectivity index (χ1v) is 5.84. The Hall–Kier alpha value is -1.89. The highest BCUT2D eigenvalue weighted by Crippen LogP contribution is 2.20. The van der Waals surface area contributed by atoms with Crippen LogP contribution in [0.5, 0.6) is 0 Å². The molecule has 1 unspecified atom stereocenters. The number of nitrogens with one attached hydrogen (secondary N) is 2. The summed E-state index contributed by atoms with van der Waals surface area (Å²) in [5, 5.41) is 8.84. The third-order valence-corrected chi connectivity index (χ3v) is 3.10. The Balaban J connectivity index is 2.13. The Labute approximate surface area is 102 Å². The van der Waals surface area contributed by atoms with Crippen LogP contribution in [-0.4, -0.2) is 45.6 Å². The van der Waals surface area contributed by atoms with E-state index in [2.05, 4.69) is 4.98 Å². The van der Waals surface area contributed by atoms with E-state index in [0.717, 1.165) is 12.5 Å². The quantitative estimate of drug-likeness (QED) is 0.636. The topological polar surface area (TPSA) is 106 Å². The summed E-state index contributed by atoms with van der Waals surface area (Å²) in [5.41, 5.74) is -1.27. The van der Waals surface area contributed by atoms with E-state index in [9.17, 15) is 14.4 Å². The van der Waals surface area contributed by atoms with Crippen molar-refractivity contribution < 1.29 is 9.90 Å². The zero-order valence-corrected chi connectivity index (χ0v) is 9.81. The van der Waals surface area contributed by atoms with Crippen molar-refractivity contribution in [1.82, 2.24) is 14.9 Å². The van der Waals surface area contributed by atoms with Crippen LogP contribution in [-0.2, 0) is 0 Å². The summed E-state index contributed by atoms with van der Waals surface area (Å²) >= 11 is 0. The van der Waals surface area contributed by atoms with Gasteiger partial charge in [0.25, 0.3) is 11.5 Å². The fraction of sp³-hybridized carbons (Fsp3) is 0.545. The maximum atomic E-state index is 12.0. The van der Waals surface area contributed by atoms with Gasteiger partial charge in [-0.3, -0.25) is 14.6 Å². The number of aromatic nitrogens is 2. The normalized spacial score (nSPS) is 19.2. The van der Waals surface area contributed by atoms with Gasteiger partial charge in [0.05, 0.1) is 0 Å². The molecule has 1 fully saturated rings. The average molecular weight is 253 g/mol. The summed E-state index contributed by atoms with van der Waals surface area (Å²) in [6.07, 6.45) is 1.50. The molecule has 1 atom stereocenters. The highest BCUT2D eigenvalue weighted by atomic mass is 16.3. The standard InChI is InChI=1S/C11H15N3O4/c15-4-2-7-1-3-14(6-7)10(17)8-5-9(16)13-11(18)12-8/h5,7,15H,1-4,6H2,(H2,12,13,16,18). The van der Waals surface area contributed by atoms with E-state index in [1.54, 1.807) is 4.90 Å². The van der Waals surface area contributed by atoms with Crippen molar-refractivity contribution in [3.63, 3.8) is 0 Å². The van der Waals surface area contributed by atoms with Crippen LogP contribution in [0.4, 0.5) is 0 Å². The Bertz CT molecular complexity index is 519. The largest absolute Gasteiger partial charge is 0.396 e. The lowest BCUT2D eigenvalue weighted by atomic mass is 10.1. The number of likely N-dealkylation sites (tertiary alicyclic amines) is 1. The van der Waals surface area contributed by atoms with E-state index in [1.165, 1.54) is 0 Å². The van der Waals surface area contributed by atoms with E-state index in [4.69, 9.17) is 5.11 Å². The van der Waals surface area contributed by atoms with Gasteiger partial charge in [0.1, 0.15) is 5.69 Å². The maximum Gasteiger partial charge on any atom is 0.326 e. The number of rotatable bonds is 3. The lowest BCUT2D eigenvalue weighted by Crippen LogP contribution is -2.33. The first-order chi connectivity index (χ1) is 8.60. The molecule has 1 aliphatic rings. The molecule has 1 amide bonds. The zero-order chi connectivity index (χ0) is 13.1. The molecule has 2 rings (SSSR count). The molecule has 3 N–H and O–H groups in total. The highest BCUT2D eigenvalue weighted by Gasteiger charge is 2.27. The molecule has 1 saturated heterocycles. The molecule has 0 aromatic carbocycles. The molecule has 7 nitrogen and oxygen atoms in total. The Morgan fingerprint density at radius 2 is 2.22 bits per heavy atom. The van der Waals surface area contributed by atoms with E-state index in [-0.39, 0.29) is 24.1 Å². The van der Waals surface area contributed by atoms with Crippen LogP contribution in [0.3, 0.4) is 0 Å². The van der Waals surface area contributed by atoms with Crippen molar-refractivity contribution in [3.8, 4) is 0 Å². The van der Waals surface area contributed by atoms with Gasteiger partial charge < -0.3 is 15.0 Å². The number of carbonyl (C=O) groups is 1. The number of aliphatic hydroxyl groups is 1. The second kappa shape index (κ2) is 5.18. The van der Waals surface area contributed by atoms with Crippen LogP contribution in [0.1, 0.15) is 23.3 Å². The van der Waals surface area contributed by atoms with E-state index >= 15 is 0 Å². The summed E-state index contributed by atoms with van der Waals surface area (Å²) in [6.45, 7) is 1.24. The Morgan fingerprint density at radius 3 is 2.89 bits per heavy atom. The monoisotopic (exact) mass is 253 g/mol. The Morgan fingerprint density at radius 1 is 1.44 bits per heavy atom. The smallest absolute Gasteiger partial charge is 0.326 e. The van der Waals surface area contributed by atoms with Crippen molar-refractivity contribution in [2.75, 3.05) is 19.7 Å². The SMILES string of the molecule is O=C(c1cc(=O)[nH]c(=O)[nH]1)N1CCC(CCO)C1. The van der Waals surface area contributed by atoms with Crippen LogP contribution < -0.4 is 11.2 Å². The minimum absolute atomic E-state index is 0.00778. The van der Waals surface area contributed by atoms with Crippen molar-refractivity contribution in [2.45, 2.75) is 12.8 Å². The van der Waals surface area contributed by atoms with Crippen molar-refractivity contribution >= 4 is 5.91 Å². The summed E-state index contributed by atoms with van der Waals surface area (Å²) in [7, 11) is 0. The minimum Gasteiger partial charge on any atom is -0.396 e. The number of H-pyrrole nitrogens is 2. The molecule has 1 aliphatic heterocycles. The van der Waals surface area contributed by atoms with Gasteiger partial charge in [-0.1, -0.05) is 0 Å². The van der Waals surface area contributed by atoms with E-state index in [1.807, 2.05) is 4.98 Å². The van der Waals surface area contributed by atoms with Gasteiger partial charge in [0.15, 0.2) is 0 Å². The molecule has 1 aromatic rings. The zero-order valence-electron chi connectivity index (χ0n) is 9.81. The van der Waals surface area contributed by atoms with Crippen LogP contribution in [0.15, 0.2) is 15.7 Å². The second-order valence-electron chi connectivity index (χ2n) is 4.42. The maximum absolute atomic E-state index is 12.0. The molecule has 0 radical (unpaired) electrons. The molecule has 7 heteroatoms. The molecule has 98 valence electrons. The molecular weight excluding hydrogens is 238 g/mol. The molecule has 2 heterocycles. The predicted octanol–water partition coefficient (Wildman–Crippen LogP) is -1.09. The summed E-state index contributed by atoms with van der Waals surface area (Å²) in [4.78, 5) is 40.2. The molecule has 18 heavy (non-hydrogen) atoms. The first-order valence-electron chi connectivity index (χ1n) is 5.84. The third-order valence-electron chi connectivity index (χ3n) is 3.10. The van der Waals surface area contributed by atoms with Gasteiger partial charge in [-0.05, 0) is 18.8 Å². The summed E-state index contributed by atoms with van der Waals surface area (Å²) in [5.74, 6) is -0.0636. The van der Waals surface area contributed by atoms with Crippen molar-refractivity contribution in [2.24, 2.45) is 5.92 Å². The molecule has 0 bridgehead atoms. The number of aromatic amines is 2. The van der Waals surface area contributed by atoms with Gasteiger partial charge in [0.2, 0.25) is 0 Å². The first kappa shape index (κ1) is 12.6. The van der Waals surface area contributed by atoms with Crippen molar-refractivity contribution in [3.05, 3.63) is 32.6 Å². The van der Waals surface area contributed by atoms with Crippen LogP contribution in [0, 0.1) is 5.92 Å². The fourth-order valence-corrected chi connectivity index (χ4v) is 2.19. The predicted molar refractivity (Wildman–Crippen MR) is 63.4 cm³/mol. The number of hydrogen-bond donors (Lipinski definition) is 3. The van der Waals surface area contributed by atoms with E-state index < -0.39 is 11.2 Å². The lowest BCUT2D eigenvalue weighted by Gasteiger charge is -2.15. The van der Waals surface area contributed by atoms with E-state index in [0.29, 0.717) is 19.5 Å². The molecule has 1 aromatic heterocycles. The van der Waals surface area contributed by atoms with Crippen LogP contribution >= 0.6 is 0 Å². The second-order valence-corrected chi connectivity index (χ2v) is 4.42. The van der Waals surface area contributed by atoms with Gasteiger partial charge in [-0.25, -0.2) is 4.79 Å². The number of amides is 1. The van der Waals surface area contributed by atoms with Gasteiger partial charge in [0, 0.05) is 25.8 Å².